The van der Waals surface area contributed by atoms with Crippen LogP contribution in [0.5, 0.6) is 5.75 Å². The number of halogens is 4. The largest absolute Gasteiger partial charge is 0.573 e. The lowest BCUT2D eigenvalue weighted by Crippen LogP contribution is -2.28. The first kappa shape index (κ1) is 23.8. The number of nitrogens with zero attached hydrogens (tertiary/aromatic N) is 5. The lowest BCUT2D eigenvalue weighted by Gasteiger charge is -2.15. The predicted octanol–water partition coefficient (Wildman–Crippen LogP) is 4.47. The lowest BCUT2D eigenvalue weighted by atomic mass is 10.1. The van der Waals surface area contributed by atoms with Gasteiger partial charge < -0.3 is 10.1 Å². The van der Waals surface area contributed by atoms with Crippen LogP contribution in [0.2, 0.25) is 0 Å². The van der Waals surface area contributed by atoms with Gasteiger partial charge in [-0.25, -0.2) is 15.0 Å². The molecule has 180 valence electrons. The molecule has 0 radical (unpaired) electrons. The molecule has 0 saturated carbocycles. The van der Waals surface area contributed by atoms with Crippen LogP contribution in [0.4, 0.5) is 17.6 Å². The van der Waals surface area contributed by atoms with Gasteiger partial charge in [-0.1, -0.05) is 0 Å². The molecule has 0 aliphatic heterocycles. The number of carbonyl (C=O) groups excluding carboxylic acids is 1. The molecule has 3 heterocycles. The van der Waals surface area contributed by atoms with Crippen LogP contribution >= 0.6 is 0 Å². The first-order valence-corrected chi connectivity index (χ1v) is 10.2. The van der Waals surface area contributed by atoms with E-state index in [1.165, 1.54) is 41.3 Å². The highest BCUT2D eigenvalue weighted by Crippen LogP contribution is 2.27. The Hall–Kier alpha value is -4.35. The van der Waals surface area contributed by atoms with Crippen molar-refractivity contribution in [1.82, 2.24) is 30.0 Å². The molecule has 0 aliphatic carbocycles. The third-order valence-electron chi connectivity index (χ3n) is 4.90. The van der Waals surface area contributed by atoms with Gasteiger partial charge in [0.2, 0.25) is 5.95 Å². The number of ether oxygens (including phenoxy) is 1. The minimum absolute atomic E-state index is 0.00542. The van der Waals surface area contributed by atoms with Crippen molar-refractivity contribution in [2.24, 2.45) is 7.05 Å². The van der Waals surface area contributed by atoms with Crippen molar-refractivity contribution in [3.8, 4) is 28.4 Å². The molecule has 12 heteroatoms. The molecule has 1 amide bonds. The van der Waals surface area contributed by atoms with Crippen LogP contribution in [0.3, 0.4) is 0 Å². The standard InChI is InChI=1S/C23H18F4N6O2/c1-13(15-7-8-28-20(24)9-15)30-22(34)19-10-18(31-21(32-19)16-11-29-33(2)12-16)14-3-5-17(6-4-14)35-23(25,26)27/h3-13H,1-2H3,(H,30,34). The SMILES string of the molecule is CC(NC(=O)c1cc(-c2ccc(OC(F)(F)F)cc2)nc(-c2cnn(C)c2)n1)c1ccnc(F)c1. The summed E-state index contributed by atoms with van der Waals surface area (Å²) in [5, 5.41) is 6.83. The van der Waals surface area contributed by atoms with Crippen molar-refractivity contribution >= 4 is 5.91 Å². The number of benzene rings is 1. The summed E-state index contributed by atoms with van der Waals surface area (Å²) in [5.41, 5.74) is 1.78. The molecular formula is C23H18F4N6O2. The van der Waals surface area contributed by atoms with Crippen LogP contribution in [0.25, 0.3) is 22.6 Å². The average Bonchev–Trinajstić information content (AvgIpc) is 3.24. The molecule has 3 aromatic heterocycles. The molecule has 1 atom stereocenters. The van der Waals surface area contributed by atoms with Gasteiger partial charge in [0.05, 0.1) is 23.5 Å². The summed E-state index contributed by atoms with van der Waals surface area (Å²) >= 11 is 0. The second kappa shape index (κ2) is 9.49. The van der Waals surface area contributed by atoms with Crippen molar-refractivity contribution in [1.29, 1.82) is 0 Å². The van der Waals surface area contributed by atoms with Crippen molar-refractivity contribution in [2.45, 2.75) is 19.3 Å². The molecule has 0 bridgehead atoms. The molecule has 1 aromatic carbocycles. The summed E-state index contributed by atoms with van der Waals surface area (Å²) in [6.07, 6.45) is -0.348. The highest BCUT2D eigenvalue weighted by atomic mass is 19.4. The van der Waals surface area contributed by atoms with E-state index >= 15 is 0 Å². The van der Waals surface area contributed by atoms with Gasteiger partial charge in [0.15, 0.2) is 5.82 Å². The third-order valence-corrected chi connectivity index (χ3v) is 4.90. The molecule has 1 unspecified atom stereocenters. The maximum absolute atomic E-state index is 13.5. The van der Waals surface area contributed by atoms with Crippen LogP contribution in [-0.2, 0) is 7.05 Å². The van der Waals surface area contributed by atoms with Crippen molar-refractivity contribution < 1.29 is 27.1 Å². The van der Waals surface area contributed by atoms with Crippen LogP contribution in [0.1, 0.15) is 29.0 Å². The predicted molar refractivity (Wildman–Crippen MR) is 116 cm³/mol. The highest BCUT2D eigenvalue weighted by molar-refractivity contribution is 5.94. The van der Waals surface area contributed by atoms with E-state index in [0.717, 1.165) is 12.1 Å². The van der Waals surface area contributed by atoms with Crippen LogP contribution < -0.4 is 10.1 Å². The van der Waals surface area contributed by atoms with Gasteiger partial charge in [0, 0.05) is 25.0 Å². The Morgan fingerprint density at radius 3 is 2.46 bits per heavy atom. The summed E-state index contributed by atoms with van der Waals surface area (Å²) < 4.78 is 56.3. The monoisotopic (exact) mass is 486 g/mol. The molecule has 8 nitrogen and oxygen atoms in total. The van der Waals surface area contributed by atoms with E-state index in [-0.39, 0.29) is 17.3 Å². The van der Waals surface area contributed by atoms with Gasteiger partial charge in [0.1, 0.15) is 11.4 Å². The molecule has 0 fully saturated rings. The molecule has 0 spiro atoms. The second-order valence-electron chi connectivity index (χ2n) is 7.54. The minimum Gasteiger partial charge on any atom is -0.406 e. The van der Waals surface area contributed by atoms with E-state index in [0.29, 0.717) is 22.4 Å². The first-order valence-electron chi connectivity index (χ1n) is 10.2. The zero-order valence-corrected chi connectivity index (χ0v) is 18.4. The maximum Gasteiger partial charge on any atom is 0.573 e. The smallest absolute Gasteiger partial charge is 0.406 e. The van der Waals surface area contributed by atoms with Gasteiger partial charge in [-0.3, -0.25) is 9.48 Å². The topological polar surface area (TPSA) is 94.8 Å². The molecule has 0 saturated heterocycles. The van der Waals surface area contributed by atoms with Crippen LogP contribution in [-0.4, -0.2) is 37.0 Å². The Kier molecular flexibility index (Phi) is 6.45. The number of hydrogen-bond donors (Lipinski definition) is 1. The van der Waals surface area contributed by atoms with Gasteiger partial charge >= 0.3 is 6.36 Å². The van der Waals surface area contributed by atoms with E-state index < -0.39 is 24.3 Å². The second-order valence-corrected chi connectivity index (χ2v) is 7.54. The van der Waals surface area contributed by atoms with E-state index in [9.17, 15) is 22.4 Å². The number of pyridine rings is 1. The van der Waals surface area contributed by atoms with Gasteiger partial charge in [0.25, 0.3) is 5.91 Å². The lowest BCUT2D eigenvalue weighted by molar-refractivity contribution is -0.274. The number of aromatic nitrogens is 5. The molecule has 4 aromatic rings. The fraction of sp³-hybridized carbons (Fsp3) is 0.174. The molecule has 0 aliphatic rings. The van der Waals surface area contributed by atoms with E-state index in [1.54, 1.807) is 26.2 Å². The van der Waals surface area contributed by atoms with Gasteiger partial charge in [-0.15, -0.1) is 13.2 Å². The first-order chi connectivity index (χ1) is 16.6. The highest BCUT2D eigenvalue weighted by Gasteiger charge is 2.31. The number of nitrogens with one attached hydrogen (secondary N) is 1. The number of amides is 1. The molecule has 35 heavy (non-hydrogen) atoms. The summed E-state index contributed by atoms with van der Waals surface area (Å²) in [5.74, 6) is -1.43. The quantitative estimate of drug-likeness (QED) is 0.319. The third kappa shape index (κ3) is 5.96. The van der Waals surface area contributed by atoms with E-state index in [4.69, 9.17) is 0 Å². The van der Waals surface area contributed by atoms with Crippen molar-refractivity contribution in [3.63, 3.8) is 0 Å². The zero-order valence-electron chi connectivity index (χ0n) is 18.4. The van der Waals surface area contributed by atoms with Gasteiger partial charge in [-0.2, -0.15) is 9.49 Å². The maximum atomic E-state index is 13.5. The molecule has 4 rings (SSSR count). The fourth-order valence-electron chi connectivity index (χ4n) is 3.25. The number of aryl methyl sites for hydroxylation is 1. The number of carbonyl (C=O) groups is 1. The fourth-order valence-corrected chi connectivity index (χ4v) is 3.25. The Bertz CT molecular complexity index is 1350. The van der Waals surface area contributed by atoms with Crippen LogP contribution in [0, 0.1) is 5.95 Å². The van der Waals surface area contributed by atoms with Crippen LogP contribution in [0.15, 0.2) is 61.1 Å². The zero-order chi connectivity index (χ0) is 25.2. The van der Waals surface area contributed by atoms with E-state index in [2.05, 4.69) is 30.1 Å². The normalized spacial score (nSPS) is 12.3. The summed E-state index contributed by atoms with van der Waals surface area (Å²) in [4.78, 5) is 25.3. The summed E-state index contributed by atoms with van der Waals surface area (Å²) in [6, 6.07) is 8.71. The number of alkyl halides is 3. The molecular weight excluding hydrogens is 468 g/mol. The number of rotatable bonds is 6. The average molecular weight is 486 g/mol. The van der Waals surface area contributed by atoms with Crippen molar-refractivity contribution in [2.75, 3.05) is 0 Å². The van der Waals surface area contributed by atoms with Crippen molar-refractivity contribution in [3.05, 3.63) is 78.3 Å². The summed E-state index contributed by atoms with van der Waals surface area (Å²) in [7, 11) is 1.70. The van der Waals surface area contributed by atoms with Gasteiger partial charge in [-0.05, 0) is 55.0 Å². The summed E-state index contributed by atoms with van der Waals surface area (Å²) in [6.45, 7) is 1.68. The Labute approximate surface area is 196 Å². The molecule has 1 N–H and O–H groups in total. The van der Waals surface area contributed by atoms with E-state index in [1.807, 2.05) is 0 Å². The Morgan fingerprint density at radius 2 is 1.83 bits per heavy atom. The minimum atomic E-state index is -4.82. The Balaban J connectivity index is 1.68. The Morgan fingerprint density at radius 1 is 1.09 bits per heavy atom. The number of hydrogen-bond acceptors (Lipinski definition) is 6.